The van der Waals surface area contributed by atoms with Crippen molar-refractivity contribution in [3.63, 3.8) is 0 Å². The standard InChI is InChI=1S/C16H20N2O2/c1-11-9-18(10-11)7-6-13-8-17-14-4-3-5-15(16(13)14)20-12(2)19/h3-5,8,11,17H,6-7,9-10H2,1-2H3. The molecular formula is C16H20N2O2. The number of ether oxygens (including phenoxy) is 1. The molecule has 0 saturated carbocycles. The lowest BCUT2D eigenvalue weighted by Gasteiger charge is -2.37. The summed E-state index contributed by atoms with van der Waals surface area (Å²) in [6.07, 6.45) is 3.01. The van der Waals surface area contributed by atoms with Crippen LogP contribution in [-0.4, -0.2) is 35.5 Å². The Labute approximate surface area is 118 Å². The van der Waals surface area contributed by atoms with Gasteiger partial charge in [0.1, 0.15) is 5.75 Å². The Kier molecular flexibility index (Phi) is 3.49. The number of likely N-dealkylation sites (tertiary alicyclic amines) is 1. The van der Waals surface area contributed by atoms with Crippen molar-refractivity contribution < 1.29 is 9.53 Å². The molecule has 20 heavy (non-hydrogen) atoms. The molecule has 0 spiro atoms. The van der Waals surface area contributed by atoms with E-state index in [1.54, 1.807) is 0 Å². The van der Waals surface area contributed by atoms with E-state index in [0.717, 1.165) is 29.8 Å². The van der Waals surface area contributed by atoms with Crippen molar-refractivity contribution in [1.29, 1.82) is 0 Å². The minimum absolute atomic E-state index is 0.277. The molecule has 4 nitrogen and oxygen atoms in total. The van der Waals surface area contributed by atoms with Crippen molar-refractivity contribution in [2.75, 3.05) is 19.6 Å². The molecule has 1 aromatic carbocycles. The van der Waals surface area contributed by atoms with Gasteiger partial charge in [-0.1, -0.05) is 13.0 Å². The molecule has 1 aromatic heterocycles. The summed E-state index contributed by atoms with van der Waals surface area (Å²) in [5.74, 6) is 1.21. The van der Waals surface area contributed by atoms with Gasteiger partial charge in [0, 0.05) is 43.7 Å². The fraction of sp³-hybridized carbons (Fsp3) is 0.438. The third-order valence-corrected chi connectivity index (χ3v) is 3.84. The van der Waals surface area contributed by atoms with Gasteiger partial charge in [-0.15, -0.1) is 0 Å². The zero-order valence-corrected chi connectivity index (χ0v) is 12.0. The van der Waals surface area contributed by atoms with Crippen LogP contribution in [-0.2, 0) is 11.2 Å². The van der Waals surface area contributed by atoms with Crippen molar-refractivity contribution in [3.8, 4) is 5.75 Å². The second-order valence-electron chi connectivity index (χ2n) is 5.70. The molecular weight excluding hydrogens is 252 g/mol. The highest BCUT2D eigenvalue weighted by molar-refractivity contribution is 5.91. The zero-order chi connectivity index (χ0) is 14.1. The van der Waals surface area contributed by atoms with Crippen LogP contribution >= 0.6 is 0 Å². The Morgan fingerprint density at radius 3 is 2.95 bits per heavy atom. The molecule has 1 aliphatic heterocycles. The Hall–Kier alpha value is -1.81. The molecule has 2 aromatic rings. The van der Waals surface area contributed by atoms with Crippen LogP contribution in [0.5, 0.6) is 5.75 Å². The van der Waals surface area contributed by atoms with Crippen LogP contribution in [0.1, 0.15) is 19.4 Å². The number of hydrogen-bond acceptors (Lipinski definition) is 3. The molecule has 0 radical (unpaired) electrons. The van der Waals surface area contributed by atoms with Gasteiger partial charge >= 0.3 is 5.97 Å². The molecule has 0 aliphatic carbocycles. The summed E-state index contributed by atoms with van der Waals surface area (Å²) in [6.45, 7) is 7.16. The van der Waals surface area contributed by atoms with Gasteiger partial charge in [0.15, 0.2) is 0 Å². The quantitative estimate of drug-likeness (QED) is 0.687. The van der Waals surface area contributed by atoms with Gasteiger partial charge < -0.3 is 14.6 Å². The number of carbonyl (C=O) groups is 1. The van der Waals surface area contributed by atoms with Gasteiger partial charge in [-0.2, -0.15) is 0 Å². The maximum absolute atomic E-state index is 11.2. The van der Waals surface area contributed by atoms with E-state index in [2.05, 4.69) is 16.8 Å². The van der Waals surface area contributed by atoms with Crippen molar-refractivity contribution in [1.82, 2.24) is 9.88 Å². The van der Waals surface area contributed by atoms with Gasteiger partial charge in [-0.3, -0.25) is 4.79 Å². The van der Waals surface area contributed by atoms with Gasteiger partial charge in [0.2, 0.25) is 0 Å². The molecule has 1 fully saturated rings. The summed E-state index contributed by atoms with van der Waals surface area (Å²) in [5.41, 5.74) is 2.24. The average Bonchev–Trinajstić information content (AvgIpc) is 2.77. The highest BCUT2D eigenvalue weighted by Crippen LogP contribution is 2.29. The van der Waals surface area contributed by atoms with Crippen molar-refractivity contribution in [3.05, 3.63) is 30.0 Å². The normalized spacial score (nSPS) is 16.3. The average molecular weight is 272 g/mol. The molecule has 2 heterocycles. The van der Waals surface area contributed by atoms with Gasteiger partial charge in [-0.05, 0) is 30.0 Å². The first kappa shape index (κ1) is 13.2. The SMILES string of the molecule is CC(=O)Oc1cccc2[nH]cc(CCN3CC(C)C3)c12. The second kappa shape index (κ2) is 5.29. The molecule has 1 saturated heterocycles. The largest absolute Gasteiger partial charge is 0.426 e. The molecule has 0 amide bonds. The molecule has 0 unspecified atom stereocenters. The van der Waals surface area contributed by atoms with Crippen LogP contribution in [0.3, 0.4) is 0 Å². The number of benzene rings is 1. The molecule has 0 atom stereocenters. The maximum Gasteiger partial charge on any atom is 0.308 e. The topological polar surface area (TPSA) is 45.3 Å². The zero-order valence-electron chi connectivity index (χ0n) is 12.0. The lowest BCUT2D eigenvalue weighted by Crippen LogP contribution is -2.45. The van der Waals surface area contributed by atoms with Gasteiger partial charge in [-0.25, -0.2) is 0 Å². The number of aromatic amines is 1. The van der Waals surface area contributed by atoms with Crippen molar-refractivity contribution in [2.45, 2.75) is 20.3 Å². The van der Waals surface area contributed by atoms with Crippen LogP contribution in [0.4, 0.5) is 0 Å². The summed E-state index contributed by atoms with van der Waals surface area (Å²) in [6, 6.07) is 5.77. The summed E-state index contributed by atoms with van der Waals surface area (Å²) in [7, 11) is 0. The Morgan fingerprint density at radius 2 is 2.25 bits per heavy atom. The van der Waals surface area contributed by atoms with Crippen molar-refractivity contribution in [2.24, 2.45) is 5.92 Å². The van der Waals surface area contributed by atoms with Gasteiger partial charge in [0.25, 0.3) is 0 Å². The van der Waals surface area contributed by atoms with Crippen molar-refractivity contribution >= 4 is 16.9 Å². The number of nitrogens with one attached hydrogen (secondary N) is 1. The van der Waals surface area contributed by atoms with E-state index in [1.807, 2.05) is 24.4 Å². The number of fused-ring (bicyclic) bond motifs is 1. The number of rotatable bonds is 4. The first-order valence-corrected chi connectivity index (χ1v) is 7.13. The number of aromatic nitrogens is 1. The van der Waals surface area contributed by atoms with E-state index in [1.165, 1.54) is 25.6 Å². The van der Waals surface area contributed by atoms with E-state index in [0.29, 0.717) is 5.75 Å². The van der Waals surface area contributed by atoms with Crippen LogP contribution in [0.2, 0.25) is 0 Å². The van der Waals surface area contributed by atoms with E-state index < -0.39 is 0 Å². The molecule has 106 valence electrons. The Morgan fingerprint density at radius 1 is 1.45 bits per heavy atom. The monoisotopic (exact) mass is 272 g/mol. The van der Waals surface area contributed by atoms with Crippen LogP contribution < -0.4 is 4.74 Å². The van der Waals surface area contributed by atoms with Crippen LogP contribution in [0, 0.1) is 5.92 Å². The minimum Gasteiger partial charge on any atom is -0.426 e. The Balaban J connectivity index is 1.81. The number of carbonyl (C=O) groups excluding carboxylic acids is 1. The second-order valence-corrected chi connectivity index (χ2v) is 5.70. The summed E-state index contributed by atoms with van der Waals surface area (Å²) >= 11 is 0. The van der Waals surface area contributed by atoms with E-state index in [4.69, 9.17) is 4.74 Å². The number of hydrogen-bond donors (Lipinski definition) is 1. The predicted molar refractivity (Wildman–Crippen MR) is 78.9 cm³/mol. The third-order valence-electron chi connectivity index (χ3n) is 3.84. The molecule has 1 aliphatic rings. The fourth-order valence-electron chi connectivity index (χ4n) is 2.95. The number of nitrogens with zero attached hydrogens (tertiary/aromatic N) is 1. The molecule has 0 bridgehead atoms. The molecule has 1 N–H and O–H groups in total. The van der Waals surface area contributed by atoms with Gasteiger partial charge in [0.05, 0.1) is 0 Å². The number of H-pyrrole nitrogens is 1. The van der Waals surface area contributed by atoms with E-state index in [9.17, 15) is 4.79 Å². The molecule has 4 heteroatoms. The summed E-state index contributed by atoms with van der Waals surface area (Å²) < 4.78 is 5.32. The first-order valence-electron chi connectivity index (χ1n) is 7.13. The summed E-state index contributed by atoms with van der Waals surface area (Å²) in [4.78, 5) is 16.9. The van der Waals surface area contributed by atoms with Crippen LogP contribution in [0.25, 0.3) is 10.9 Å². The third kappa shape index (κ3) is 2.56. The number of esters is 1. The Bertz CT molecular complexity index is 626. The lowest BCUT2D eigenvalue weighted by molar-refractivity contribution is -0.131. The highest BCUT2D eigenvalue weighted by atomic mass is 16.5. The van der Waals surface area contributed by atoms with Crippen LogP contribution in [0.15, 0.2) is 24.4 Å². The highest BCUT2D eigenvalue weighted by Gasteiger charge is 2.22. The maximum atomic E-state index is 11.2. The minimum atomic E-state index is -0.277. The van der Waals surface area contributed by atoms with E-state index in [-0.39, 0.29) is 5.97 Å². The fourth-order valence-corrected chi connectivity index (χ4v) is 2.95. The first-order chi connectivity index (χ1) is 9.63. The lowest BCUT2D eigenvalue weighted by atomic mass is 10.0. The smallest absolute Gasteiger partial charge is 0.308 e. The predicted octanol–water partition coefficient (Wildman–Crippen LogP) is 2.59. The summed E-state index contributed by atoms with van der Waals surface area (Å²) in [5, 5.41) is 1.04. The van der Waals surface area contributed by atoms with E-state index >= 15 is 0 Å². The molecule has 3 rings (SSSR count).